The van der Waals surface area contributed by atoms with E-state index in [1.54, 1.807) is 30.3 Å². The molecular weight excluding hydrogens is 467 g/mol. The molecule has 1 aromatic rings. The molecule has 1 nitrogen and oxygen atoms in total. The van der Waals surface area contributed by atoms with Crippen LogP contribution in [0.3, 0.4) is 0 Å². The van der Waals surface area contributed by atoms with Crippen molar-refractivity contribution in [3.8, 4) is 0 Å². The fourth-order valence-electron chi connectivity index (χ4n) is 2.51. The smallest absolute Gasteiger partial charge is 0.393 e. The van der Waals surface area contributed by atoms with Gasteiger partial charge in [-0.05, 0) is 24.8 Å². The summed E-state index contributed by atoms with van der Waals surface area (Å²) in [6.07, 6.45) is -13.2. The van der Waals surface area contributed by atoms with Crippen LogP contribution >= 0.6 is 0 Å². The number of alkyl halides is 13. The maximum absolute atomic E-state index is 13.7. The van der Waals surface area contributed by atoms with Gasteiger partial charge in [0.15, 0.2) is 0 Å². The number of aliphatic hydroxyl groups excluding tert-OH is 1. The van der Waals surface area contributed by atoms with Crippen LogP contribution in [-0.2, 0) is 6.42 Å². The summed E-state index contributed by atoms with van der Waals surface area (Å²) in [6.45, 7) is 0. The molecule has 0 aliphatic rings. The zero-order valence-electron chi connectivity index (χ0n) is 15.2. The standard InChI is InChI=1S/C17H15F13O/c18-12(19,9-11(31)8-4-7-10-5-2-1-3-6-10)13(20,21)14(22,23)15(24,25)16(26,27)17(28,29)30/h1-3,5-6,11,31H,4,7-9H2. The molecule has 0 saturated carbocycles. The van der Waals surface area contributed by atoms with Crippen molar-refractivity contribution < 1.29 is 62.2 Å². The molecule has 0 aliphatic heterocycles. The first-order valence-corrected chi connectivity index (χ1v) is 8.40. The molecule has 0 saturated heterocycles. The highest BCUT2D eigenvalue weighted by atomic mass is 19.4. The molecular formula is C17H15F13O. The monoisotopic (exact) mass is 482 g/mol. The predicted octanol–water partition coefficient (Wildman–Crippen LogP) is 6.50. The summed E-state index contributed by atoms with van der Waals surface area (Å²) in [5.74, 6) is -37.1. The Labute approximate surface area is 166 Å². The normalized spacial score (nSPS) is 15.8. The Balaban J connectivity index is 2.99. The lowest BCUT2D eigenvalue weighted by Gasteiger charge is -2.40. The SMILES string of the molecule is OC(CCCc1ccccc1)CC(F)(F)C(F)(F)C(F)(F)C(F)(F)C(F)(F)C(F)(F)F. The third-order valence-electron chi connectivity index (χ3n) is 4.34. The zero-order valence-corrected chi connectivity index (χ0v) is 15.2. The Bertz CT molecular complexity index is 712. The van der Waals surface area contributed by atoms with Gasteiger partial charge in [0.05, 0.1) is 6.10 Å². The molecule has 0 radical (unpaired) electrons. The van der Waals surface area contributed by atoms with Gasteiger partial charge in [0.2, 0.25) is 0 Å². The second-order valence-corrected chi connectivity index (χ2v) is 6.74. The molecule has 0 amide bonds. The van der Waals surface area contributed by atoms with Crippen LogP contribution in [-0.4, -0.2) is 47.0 Å². The van der Waals surface area contributed by atoms with Gasteiger partial charge in [-0.1, -0.05) is 30.3 Å². The highest BCUT2D eigenvalue weighted by Gasteiger charge is 2.90. The summed E-state index contributed by atoms with van der Waals surface area (Å²) in [7, 11) is 0. The molecule has 0 heterocycles. The van der Waals surface area contributed by atoms with Gasteiger partial charge >= 0.3 is 35.8 Å². The largest absolute Gasteiger partial charge is 0.460 e. The van der Waals surface area contributed by atoms with Gasteiger partial charge in [0, 0.05) is 6.42 Å². The fraction of sp³-hybridized carbons (Fsp3) is 0.647. The van der Waals surface area contributed by atoms with Crippen LogP contribution in [0.25, 0.3) is 0 Å². The molecule has 1 atom stereocenters. The first-order valence-electron chi connectivity index (χ1n) is 8.40. The van der Waals surface area contributed by atoms with Crippen molar-refractivity contribution >= 4 is 0 Å². The second-order valence-electron chi connectivity index (χ2n) is 6.74. The number of aryl methyl sites for hydroxylation is 1. The van der Waals surface area contributed by atoms with Gasteiger partial charge in [0.1, 0.15) is 0 Å². The van der Waals surface area contributed by atoms with E-state index in [2.05, 4.69) is 0 Å². The van der Waals surface area contributed by atoms with Crippen molar-refractivity contribution in [3.05, 3.63) is 35.9 Å². The highest BCUT2D eigenvalue weighted by molar-refractivity contribution is 5.14. The average Bonchev–Trinajstić information content (AvgIpc) is 2.60. The molecule has 31 heavy (non-hydrogen) atoms. The highest BCUT2D eigenvalue weighted by Crippen LogP contribution is 2.60. The molecule has 180 valence electrons. The molecule has 0 spiro atoms. The van der Waals surface area contributed by atoms with Crippen LogP contribution in [0.2, 0.25) is 0 Å². The molecule has 0 bridgehead atoms. The van der Waals surface area contributed by atoms with Crippen LogP contribution in [0.4, 0.5) is 57.1 Å². The molecule has 1 rings (SSSR count). The quantitative estimate of drug-likeness (QED) is 0.378. The summed E-state index contributed by atoms with van der Waals surface area (Å²) in [5.41, 5.74) is 0.618. The Kier molecular flexibility index (Phi) is 7.63. The summed E-state index contributed by atoms with van der Waals surface area (Å²) in [6, 6.07) is 7.93. The van der Waals surface area contributed by atoms with Crippen LogP contribution < -0.4 is 0 Å². The minimum Gasteiger partial charge on any atom is -0.393 e. The third-order valence-corrected chi connectivity index (χ3v) is 4.34. The lowest BCUT2D eigenvalue weighted by Crippen LogP contribution is -2.70. The lowest BCUT2D eigenvalue weighted by atomic mass is 9.90. The maximum Gasteiger partial charge on any atom is 0.460 e. The second kappa shape index (κ2) is 8.66. The number of halogens is 13. The summed E-state index contributed by atoms with van der Waals surface area (Å²) in [5, 5.41) is 9.41. The van der Waals surface area contributed by atoms with Crippen molar-refractivity contribution in [2.45, 2.75) is 67.6 Å². The van der Waals surface area contributed by atoms with E-state index < -0.39 is 54.7 Å². The van der Waals surface area contributed by atoms with E-state index in [9.17, 15) is 62.2 Å². The number of benzene rings is 1. The Morgan fingerprint density at radius 2 is 1.10 bits per heavy atom. The molecule has 0 fully saturated rings. The van der Waals surface area contributed by atoms with Crippen LogP contribution in [0, 0.1) is 0 Å². The van der Waals surface area contributed by atoms with Gasteiger partial charge in [-0.15, -0.1) is 0 Å². The summed E-state index contributed by atoms with van der Waals surface area (Å²) >= 11 is 0. The van der Waals surface area contributed by atoms with Crippen LogP contribution in [0.1, 0.15) is 24.8 Å². The van der Waals surface area contributed by atoms with E-state index in [4.69, 9.17) is 0 Å². The van der Waals surface area contributed by atoms with Gasteiger partial charge in [-0.2, -0.15) is 57.1 Å². The van der Waals surface area contributed by atoms with Crippen molar-refractivity contribution in [3.63, 3.8) is 0 Å². The van der Waals surface area contributed by atoms with E-state index in [1.165, 1.54) is 0 Å². The van der Waals surface area contributed by atoms with E-state index in [-0.39, 0.29) is 12.8 Å². The molecule has 1 aromatic carbocycles. The fourth-order valence-corrected chi connectivity index (χ4v) is 2.51. The number of rotatable bonds is 10. The molecule has 14 heteroatoms. The third kappa shape index (κ3) is 5.03. The number of hydrogen-bond donors (Lipinski definition) is 1. The maximum atomic E-state index is 13.7. The number of aliphatic hydroxyl groups is 1. The molecule has 1 N–H and O–H groups in total. The van der Waals surface area contributed by atoms with Crippen molar-refractivity contribution in [2.75, 3.05) is 0 Å². The zero-order chi connectivity index (χ0) is 24.5. The van der Waals surface area contributed by atoms with Crippen molar-refractivity contribution in [2.24, 2.45) is 0 Å². The van der Waals surface area contributed by atoms with Crippen molar-refractivity contribution in [1.82, 2.24) is 0 Å². The summed E-state index contributed by atoms with van der Waals surface area (Å²) < 4.78 is 169. The molecule has 1 unspecified atom stereocenters. The van der Waals surface area contributed by atoms with Gasteiger partial charge in [-0.3, -0.25) is 0 Å². The Hall–Kier alpha value is -1.73. The van der Waals surface area contributed by atoms with E-state index >= 15 is 0 Å². The minimum atomic E-state index is -7.93. The first-order chi connectivity index (χ1) is 13.7. The van der Waals surface area contributed by atoms with E-state index in [1.807, 2.05) is 0 Å². The van der Waals surface area contributed by atoms with E-state index in [0.29, 0.717) is 5.56 Å². The predicted molar refractivity (Wildman–Crippen MR) is 80.8 cm³/mol. The minimum absolute atomic E-state index is 0.117. The molecule has 0 aromatic heterocycles. The first kappa shape index (κ1) is 27.3. The average molecular weight is 482 g/mol. The lowest BCUT2D eigenvalue weighted by molar-refractivity contribution is -0.440. The van der Waals surface area contributed by atoms with Gasteiger partial charge < -0.3 is 5.11 Å². The Morgan fingerprint density at radius 1 is 0.645 bits per heavy atom. The van der Waals surface area contributed by atoms with E-state index in [0.717, 1.165) is 0 Å². The van der Waals surface area contributed by atoms with Crippen LogP contribution in [0.5, 0.6) is 0 Å². The van der Waals surface area contributed by atoms with Gasteiger partial charge in [-0.25, -0.2) is 0 Å². The number of hydrogen-bond acceptors (Lipinski definition) is 1. The van der Waals surface area contributed by atoms with Gasteiger partial charge in [0.25, 0.3) is 0 Å². The van der Waals surface area contributed by atoms with Crippen molar-refractivity contribution in [1.29, 1.82) is 0 Å². The summed E-state index contributed by atoms with van der Waals surface area (Å²) in [4.78, 5) is 0. The Morgan fingerprint density at radius 3 is 1.55 bits per heavy atom. The topological polar surface area (TPSA) is 20.2 Å². The molecule has 0 aliphatic carbocycles. The van der Waals surface area contributed by atoms with Crippen LogP contribution in [0.15, 0.2) is 30.3 Å².